The first kappa shape index (κ1) is 20.0. The average Bonchev–Trinajstić information content (AvgIpc) is 3.04. The predicted octanol–water partition coefficient (Wildman–Crippen LogP) is 1.74. The molecule has 9 nitrogen and oxygen atoms in total. The van der Waals surface area contributed by atoms with Crippen LogP contribution in [0.2, 0.25) is 0 Å². The molecular weight excluding hydrogens is 401 g/mol. The van der Waals surface area contributed by atoms with E-state index >= 15 is 0 Å². The van der Waals surface area contributed by atoms with Crippen LogP contribution in [0.4, 0.5) is 14.9 Å². The Kier molecular flexibility index (Phi) is 5.08. The summed E-state index contributed by atoms with van der Waals surface area (Å²) in [4.78, 5) is 22.4. The molecule has 3 rings (SSSR count). The number of nitrogens with one attached hydrogen (secondary N) is 1. The van der Waals surface area contributed by atoms with Crippen molar-refractivity contribution in [1.29, 1.82) is 0 Å². The number of hydrogen-bond acceptors (Lipinski definition) is 5. The lowest BCUT2D eigenvalue weighted by Gasteiger charge is -2.10. The fourth-order valence-corrected chi connectivity index (χ4v) is 4.26. The fourth-order valence-electron chi connectivity index (χ4n) is 2.75. The van der Waals surface area contributed by atoms with E-state index in [1.807, 2.05) is 0 Å². The van der Waals surface area contributed by atoms with Crippen LogP contribution < -0.4 is 16.8 Å². The number of rotatable bonds is 5. The lowest BCUT2D eigenvalue weighted by molar-refractivity contribution is 0.0996. The highest BCUT2D eigenvalue weighted by atomic mass is 32.2. The Morgan fingerprint density at radius 2 is 1.86 bits per heavy atom. The van der Waals surface area contributed by atoms with Gasteiger partial charge in [-0.25, -0.2) is 22.3 Å². The summed E-state index contributed by atoms with van der Waals surface area (Å²) in [5, 5.41) is 6.25. The number of benzene rings is 2. The van der Waals surface area contributed by atoms with Crippen molar-refractivity contribution in [3.63, 3.8) is 0 Å². The summed E-state index contributed by atoms with van der Waals surface area (Å²) in [6.45, 7) is 1.57. The molecule has 0 aliphatic carbocycles. The Labute approximate surface area is 165 Å². The van der Waals surface area contributed by atoms with E-state index in [-0.39, 0.29) is 21.2 Å². The topological polar surface area (TPSA) is 150 Å². The van der Waals surface area contributed by atoms with Gasteiger partial charge in [-0.3, -0.25) is 4.79 Å². The predicted molar refractivity (Wildman–Crippen MR) is 102 cm³/mol. The summed E-state index contributed by atoms with van der Waals surface area (Å²) in [5.41, 5.74) is 10.9. The number of aromatic nitrogens is 2. The number of aryl methyl sites for hydroxylation is 1. The largest absolute Gasteiger partial charge is 0.364 e. The molecule has 0 saturated carbocycles. The number of nitrogens with two attached hydrogens (primary N) is 2. The maximum absolute atomic E-state index is 13.4. The van der Waals surface area contributed by atoms with E-state index in [4.69, 9.17) is 11.5 Å². The number of hydrogen-bond donors (Lipinski definition) is 3. The van der Waals surface area contributed by atoms with Crippen molar-refractivity contribution in [3.05, 3.63) is 65.7 Å². The van der Waals surface area contributed by atoms with E-state index in [0.29, 0.717) is 11.3 Å². The molecule has 29 heavy (non-hydrogen) atoms. The summed E-state index contributed by atoms with van der Waals surface area (Å²) in [6, 6.07) is 8.12. The first-order chi connectivity index (χ1) is 13.6. The molecule has 0 atom stereocenters. The number of nitrogens with zero attached hydrogens (tertiary/aromatic N) is 2. The molecule has 2 aromatic carbocycles. The first-order valence-corrected chi connectivity index (χ1v) is 9.65. The van der Waals surface area contributed by atoms with Crippen molar-refractivity contribution in [3.8, 4) is 5.69 Å². The normalized spacial score (nSPS) is 11.2. The van der Waals surface area contributed by atoms with Gasteiger partial charge < -0.3 is 16.8 Å². The van der Waals surface area contributed by atoms with E-state index in [1.54, 1.807) is 6.92 Å². The second-order valence-electron chi connectivity index (χ2n) is 6.10. The zero-order chi connectivity index (χ0) is 21.3. The molecular formula is C18H16FN5O4S. The number of amides is 3. The molecule has 3 aromatic rings. The van der Waals surface area contributed by atoms with Gasteiger partial charge in [-0.1, -0.05) is 6.07 Å². The molecule has 0 aliphatic heterocycles. The summed E-state index contributed by atoms with van der Waals surface area (Å²) in [5.74, 6) is -1.54. The van der Waals surface area contributed by atoms with Gasteiger partial charge in [0.15, 0.2) is 5.69 Å². The molecule has 0 saturated heterocycles. The van der Waals surface area contributed by atoms with E-state index < -0.39 is 27.6 Å². The van der Waals surface area contributed by atoms with Gasteiger partial charge in [0, 0.05) is 0 Å². The molecule has 11 heteroatoms. The molecule has 0 spiro atoms. The quantitative estimate of drug-likeness (QED) is 0.578. The smallest absolute Gasteiger partial charge is 0.316 e. The van der Waals surface area contributed by atoms with E-state index in [1.165, 1.54) is 41.2 Å². The van der Waals surface area contributed by atoms with Crippen LogP contribution in [-0.2, 0) is 9.84 Å². The second kappa shape index (κ2) is 7.36. The van der Waals surface area contributed by atoms with Crippen molar-refractivity contribution >= 4 is 27.5 Å². The Morgan fingerprint density at radius 1 is 1.14 bits per heavy atom. The van der Waals surface area contributed by atoms with Gasteiger partial charge in [-0.2, -0.15) is 5.10 Å². The van der Waals surface area contributed by atoms with Crippen LogP contribution >= 0.6 is 0 Å². The van der Waals surface area contributed by atoms with Crippen LogP contribution in [-0.4, -0.2) is 30.1 Å². The number of primary amides is 2. The number of carbonyl (C=O) groups excluding carboxylic acids is 2. The maximum atomic E-state index is 13.4. The van der Waals surface area contributed by atoms with Gasteiger partial charge in [0.25, 0.3) is 5.91 Å². The van der Waals surface area contributed by atoms with Crippen molar-refractivity contribution < 1.29 is 22.4 Å². The minimum atomic E-state index is -3.94. The Hall–Kier alpha value is -3.73. The highest BCUT2D eigenvalue weighted by molar-refractivity contribution is 7.91. The molecule has 0 bridgehead atoms. The highest BCUT2D eigenvalue weighted by Crippen LogP contribution is 2.27. The molecule has 0 aliphatic rings. The highest BCUT2D eigenvalue weighted by Gasteiger charge is 2.22. The minimum Gasteiger partial charge on any atom is -0.364 e. The van der Waals surface area contributed by atoms with Crippen LogP contribution in [0.15, 0.2) is 58.5 Å². The second-order valence-corrected chi connectivity index (χ2v) is 8.02. The molecule has 1 heterocycles. The first-order valence-electron chi connectivity index (χ1n) is 8.17. The molecule has 0 fully saturated rings. The standard InChI is InChI=1S/C18H16FN5O4S/c1-10-7-12(24-9-14(22-18(21)26)16(23-24)17(20)25)5-6-15(10)29(27,28)13-4-2-3-11(19)8-13/h2-9H,1H3,(H2,20,25)(H3,21,22,26). The Balaban J connectivity index is 2.04. The van der Waals surface area contributed by atoms with E-state index in [0.717, 1.165) is 12.1 Å². The average molecular weight is 417 g/mol. The van der Waals surface area contributed by atoms with Gasteiger partial charge in [0.05, 0.1) is 27.4 Å². The van der Waals surface area contributed by atoms with Crippen LogP contribution in [0.1, 0.15) is 16.1 Å². The van der Waals surface area contributed by atoms with E-state index in [9.17, 15) is 22.4 Å². The summed E-state index contributed by atoms with van der Waals surface area (Å²) >= 11 is 0. The Morgan fingerprint density at radius 3 is 2.45 bits per heavy atom. The summed E-state index contributed by atoms with van der Waals surface area (Å²) in [6.07, 6.45) is 1.32. The van der Waals surface area contributed by atoms with Gasteiger partial charge >= 0.3 is 6.03 Å². The van der Waals surface area contributed by atoms with Crippen molar-refractivity contribution in [2.24, 2.45) is 11.5 Å². The molecule has 1 aromatic heterocycles. The van der Waals surface area contributed by atoms with Gasteiger partial charge in [0.1, 0.15) is 5.82 Å². The lowest BCUT2D eigenvalue weighted by Crippen LogP contribution is -2.22. The fraction of sp³-hybridized carbons (Fsp3) is 0.0556. The van der Waals surface area contributed by atoms with Crippen LogP contribution in [0.5, 0.6) is 0 Å². The number of sulfone groups is 1. The van der Waals surface area contributed by atoms with Crippen molar-refractivity contribution in [2.45, 2.75) is 16.7 Å². The maximum Gasteiger partial charge on any atom is 0.316 e. The molecule has 150 valence electrons. The van der Waals surface area contributed by atoms with Crippen molar-refractivity contribution in [1.82, 2.24) is 9.78 Å². The van der Waals surface area contributed by atoms with Crippen LogP contribution in [0, 0.1) is 12.7 Å². The van der Waals surface area contributed by atoms with Gasteiger partial charge in [0.2, 0.25) is 9.84 Å². The monoisotopic (exact) mass is 417 g/mol. The van der Waals surface area contributed by atoms with Gasteiger partial charge in [-0.05, 0) is 48.9 Å². The Bertz CT molecular complexity index is 1240. The zero-order valence-corrected chi connectivity index (χ0v) is 15.9. The summed E-state index contributed by atoms with van der Waals surface area (Å²) in [7, 11) is -3.94. The molecule has 5 N–H and O–H groups in total. The van der Waals surface area contributed by atoms with Crippen LogP contribution in [0.3, 0.4) is 0 Å². The number of urea groups is 1. The third-order valence-corrected chi connectivity index (χ3v) is 5.94. The number of anilines is 1. The SMILES string of the molecule is Cc1cc(-n2cc(NC(N)=O)c(C(N)=O)n2)ccc1S(=O)(=O)c1cccc(F)c1. The van der Waals surface area contributed by atoms with E-state index in [2.05, 4.69) is 10.4 Å². The zero-order valence-electron chi connectivity index (χ0n) is 15.1. The number of carbonyl (C=O) groups is 2. The number of halogens is 1. The molecule has 3 amide bonds. The van der Waals surface area contributed by atoms with Crippen molar-refractivity contribution in [2.75, 3.05) is 5.32 Å². The molecule has 0 radical (unpaired) electrons. The third-order valence-electron chi connectivity index (χ3n) is 4.02. The van der Waals surface area contributed by atoms with Gasteiger partial charge in [-0.15, -0.1) is 0 Å². The lowest BCUT2D eigenvalue weighted by atomic mass is 10.2. The third kappa shape index (κ3) is 3.94. The van der Waals surface area contributed by atoms with Crippen LogP contribution in [0.25, 0.3) is 5.69 Å². The summed E-state index contributed by atoms with van der Waals surface area (Å²) < 4.78 is 40.3. The minimum absolute atomic E-state index is 0.00962. The molecule has 0 unspecified atom stereocenters.